The lowest BCUT2D eigenvalue weighted by Gasteiger charge is -2.25. The number of hydrogen-bond donors (Lipinski definition) is 0. The molecule has 1 heterocycles. The van der Waals surface area contributed by atoms with Gasteiger partial charge >= 0.3 is 0 Å². The minimum absolute atomic E-state index is 0.0487. The zero-order valence-electron chi connectivity index (χ0n) is 17.0. The van der Waals surface area contributed by atoms with Gasteiger partial charge in [-0.2, -0.15) is 4.98 Å². The van der Waals surface area contributed by atoms with Gasteiger partial charge in [-0.05, 0) is 57.5 Å². The average Bonchev–Trinajstić information content (AvgIpc) is 3.15. The van der Waals surface area contributed by atoms with Crippen LogP contribution >= 0.6 is 11.6 Å². The number of rotatable bonds is 7. The number of aromatic nitrogens is 2. The highest BCUT2D eigenvalue weighted by atomic mass is 35.5. The second-order valence-electron chi connectivity index (χ2n) is 7.20. The Bertz CT molecular complexity index is 1000. The molecular formula is C22H24ClN3O3. The van der Waals surface area contributed by atoms with Crippen LogP contribution in [0.3, 0.4) is 0 Å². The van der Waals surface area contributed by atoms with Crippen molar-refractivity contribution in [3.8, 4) is 17.1 Å². The summed E-state index contributed by atoms with van der Waals surface area (Å²) < 4.78 is 11.0. The highest BCUT2D eigenvalue weighted by Crippen LogP contribution is 2.21. The molecule has 0 unspecified atom stereocenters. The predicted octanol–water partition coefficient (Wildman–Crippen LogP) is 4.82. The minimum Gasteiger partial charge on any atom is -0.484 e. The summed E-state index contributed by atoms with van der Waals surface area (Å²) in [6, 6.07) is 13.1. The van der Waals surface area contributed by atoms with E-state index in [-0.39, 0.29) is 25.1 Å². The lowest BCUT2D eigenvalue weighted by atomic mass is 10.1. The SMILES string of the molecule is Cc1cccc(-c2noc(CN(C(=O)COc3ccc(Cl)c(C)c3)C(C)C)n2)c1. The van der Waals surface area contributed by atoms with E-state index >= 15 is 0 Å². The number of aryl methyl sites for hydroxylation is 2. The first-order valence-electron chi connectivity index (χ1n) is 9.41. The molecule has 0 N–H and O–H groups in total. The van der Waals surface area contributed by atoms with Crippen molar-refractivity contribution in [1.29, 1.82) is 0 Å². The van der Waals surface area contributed by atoms with Gasteiger partial charge in [0.05, 0.1) is 0 Å². The molecule has 0 aliphatic heterocycles. The van der Waals surface area contributed by atoms with Crippen LogP contribution in [0.15, 0.2) is 47.0 Å². The maximum Gasteiger partial charge on any atom is 0.261 e. The molecule has 0 aliphatic rings. The molecule has 29 heavy (non-hydrogen) atoms. The zero-order chi connectivity index (χ0) is 21.0. The molecule has 0 radical (unpaired) electrons. The van der Waals surface area contributed by atoms with Gasteiger partial charge in [0.2, 0.25) is 11.7 Å². The van der Waals surface area contributed by atoms with Crippen molar-refractivity contribution in [2.75, 3.05) is 6.61 Å². The average molecular weight is 414 g/mol. The number of hydrogen-bond acceptors (Lipinski definition) is 5. The van der Waals surface area contributed by atoms with E-state index in [1.165, 1.54) is 0 Å². The number of nitrogens with zero attached hydrogens (tertiary/aromatic N) is 3. The van der Waals surface area contributed by atoms with Gasteiger partial charge in [-0.25, -0.2) is 0 Å². The second kappa shape index (κ2) is 9.09. The van der Waals surface area contributed by atoms with Gasteiger partial charge in [0.1, 0.15) is 12.3 Å². The molecule has 6 nitrogen and oxygen atoms in total. The summed E-state index contributed by atoms with van der Waals surface area (Å²) in [6.45, 7) is 7.89. The van der Waals surface area contributed by atoms with Crippen molar-refractivity contribution in [3.63, 3.8) is 0 Å². The van der Waals surface area contributed by atoms with Crippen molar-refractivity contribution >= 4 is 17.5 Å². The molecule has 0 spiro atoms. The summed E-state index contributed by atoms with van der Waals surface area (Å²) in [5.74, 6) is 1.32. The summed E-state index contributed by atoms with van der Waals surface area (Å²) in [7, 11) is 0. The quantitative estimate of drug-likeness (QED) is 0.555. The van der Waals surface area contributed by atoms with E-state index in [2.05, 4.69) is 10.1 Å². The topological polar surface area (TPSA) is 68.5 Å². The van der Waals surface area contributed by atoms with Crippen LogP contribution in [0.4, 0.5) is 0 Å². The van der Waals surface area contributed by atoms with E-state index in [0.29, 0.717) is 22.5 Å². The first-order chi connectivity index (χ1) is 13.8. The monoisotopic (exact) mass is 413 g/mol. The van der Waals surface area contributed by atoms with Crippen molar-refractivity contribution in [3.05, 3.63) is 64.5 Å². The molecule has 0 saturated carbocycles. The third-order valence-electron chi connectivity index (χ3n) is 4.49. The molecule has 1 amide bonds. The molecule has 7 heteroatoms. The first kappa shape index (κ1) is 20.9. The van der Waals surface area contributed by atoms with Crippen molar-refractivity contribution < 1.29 is 14.1 Å². The van der Waals surface area contributed by atoms with Crippen LogP contribution in [-0.2, 0) is 11.3 Å². The van der Waals surface area contributed by atoms with Crippen LogP contribution in [0.5, 0.6) is 5.75 Å². The van der Waals surface area contributed by atoms with Gasteiger partial charge in [0, 0.05) is 16.6 Å². The van der Waals surface area contributed by atoms with E-state index in [4.69, 9.17) is 20.9 Å². The molecule has 3 rings (SSSR count). The minimum atomic E-state index is -0.164. The van der Waals surface area contributed by atoms with E-state index < -0.39 is 0 Å². The number of amides is 1. The van der Waals surface area contributed by atoms with Crippen LogP contribution in [0.1, 0.15) is 30.9 Å². The number of halogens is 1. The van der Waals surface area contributed by atoms with Gasteiger partial charge in [-0.1, -0.05) is 40.5 Å². The Morgan fingerprint density at radius 3 is 2.69 bits per heavy atom. The van der Waals surface area contributed by atoms with E-state index in [1.54, 1.807) is 17.0 Å². The Hall–Kier alpha value is -2.86. The maximum atomic E-state index is 12.7. The second-order valence-corrected chi connectivity index (χ2v) is 7.60. The largest absolute Gasteiger partial charge is 0.484 e. The zero-order valence-corrected chi connectivity index (χ0v) is 17.7. The van der Waals surface area contributed by atoms with Gasteiger partial charge in [-0.3, -0.25) is 4.79 Å². The standard InChI is InChI=1S/C22H24ClN3O3/c1-14(2)26(21(27)13-28-18-8-9-19(23)16(4)11-18)12-20-24-22(25-29-20)17-7-5-6-15(3)10-17/h5-11,14H,12-13H2,1-4H3. The fraction of sp³-hybridized carbons (Fsp3) is 0.318. The predicted molar refractivity (Wildman–Crippen MR) is 112 cm³/mol. The molecule has 1 aromatic heterocycles. The van der Waals surface area contributed by atoms with E-state index in [9.17, 15) is 4.79 Å². The van der Waals surface area contributed by atoms with E-state index in [0.717, 1.165) is 16.7 Å². The number of carbonyl (C=O) groups excluding carboxylic acids is 1. The molecular weight excluding hydrogens is 390 g/mol. The molecule has 2 aromatic carbocycles. The summed E-state index contributed by atoms with van der Waals surface area (Å²) in [6.07, 6.45) is 0. The molecule has 0 saturated heterocycles. The molecule has 152 valence electrons. The molecule has 3 aromatic rings. The van der Waals surface area contributed by atoms with Crippen molar-refractivity contribution in [1.82, 2.24) is 15.0 Å². The van der Waals surface area contributed by atoms with E-state index in [1.807, 2.05) is 58.0 Å². The number of carbonyl (C=O) groups is 1. The summed E-state index contributed by atoms with van der Waals surface area (Å²) in [4.78, 5) is 18.8. The highest BCUT2D eigenvalue weighted by molar-refractivity contribution is 6.31. The van der Waals surface area contributed by atoms with Crippen molar-refractivity contribution in [2.45, 2.75) is 40.3 Å². The Balaban J connectivity index is 1.66. The van der Waals surface area contributed by atoms with Crippen LogP contribution < -0.4 is 4.74 Å². The van der Waals surface area contributed by atoms with Crippen molar-refractivity contribution in [2.24, 2.45) is 0 Å². The van der Waals surface area contributed by atoms with Gasteiger partial charge in [-0.15, -0.1) is 0 Å². The molecule has 0 aliphatic carbocycles. The normalized spacial score (nSPS) is 11.0. The Morgan fingerprint density at radius 1 is 1.21 bits per heavy atom. The number of ether oxygens (including phenoxy) is 1. The van der Waals surface area contributed by atoms with Crippen LogP contribution in [0.2, 0.25) is 5.02 Å². The Labute approximate surface area is 175 Å². The summed E-state index contributed by atoms with van der Waals surface area (Å²) in [5.41, 5.74) is 2.89. The lowest BCUT2D eigenvalue weighted by Crippen LogP contribution is -2.39. The number of benzene rings is 2. The fourth-order valence-corrected chi connectivity index (χ4v) is 2.98. The molecule has 0 fully saturated rings. The summed E-state index contributed by atoms with van der Waals surface area (Å²) in [5, 5.41) is 4.70. The fourth-order valence-electron chi connectivity index (χ4n) is 2.86. The third-order valence-corrected chi connectivity index (χ3v) is 4.91. The molecule has 0 atom stereocenters. The van der Waals surface area contributed by atoms with Gasteiger partial charge < -0.3 is 14.2 Å². The van der Waals surface area contributed by atoms with Gasteiger partial charge in [0.25, 0.3) is 5.91 Å². The smallest absolute Gasteiger partial charge is 0.261 e. The van der Waals surface area contributed by atoms with Gasteiger partial charge in [0.15, 0.2) is 6.61 Å². The first-order valence-corrected chi connectivity index (χ1v) is 9.79. The highest BCUT2D eigenvalue weighted by Gasteiger charge is 2.21. The van der Waals surface area contributed by atoms with Crippen LogP contribution in [0, 0.1) is 13.8 Å². The van der Waals surface area contributed by atoms with Crippen LogP contribution in [0.25, 0.3) is 11.4 Å². The lowest BCUT2D eigenvalue weighted by molar-refractivity contribution is -0.136. The summed E-state index contributed by atoms with van der Waals surface area (Å²) >= 11 is 6.03. The molecule has 0 bridgehead atoms. The maximum absolute atomic E-state index is 12.7. The Kier molecular flexibility index (Phi) is 6.54. The third kappa shape index (κ3) is 5.35. The Morgan fingerprint density at radius 2 is 2.00 bits per heavy atom. The van der Waals surface area contributed by atoms with Crippen LogP contribution in [-0.4, -0.2) is 33.6 Å².